The fraction of sp³-hybridized carbons (Fsp3) is 0.200. The third kappa shape index (κ3) is 2.80. The summed E-state index contributed by atoms with van der Waals surface area (Å²) >= 11 is 6.04. The SMILES string of the molecule is OC(Cc1ccc(F)c(F)c1)c1cc(Cl)c2c(c1)OCO2. The first-order valence-corrected chi connectivity index (χ1v) is 6.63. The summed E-state index contributed by atoms with van der Waals surface area (Å²) in [6.45, 7) is 0.0811. The third-order valence-corrected chi connectivity index (χ3v) is 3.53. The van der Waals surface area contributed by atoms with Crippen LogP contribution < -0.4 is 9.47 Å². The summed E-state index contributed by atoms with van der Waals surface area (Å²) in [4.78, 5) is 0. The lowest BCUT2D eigenvalue weighted by Crippen LogP contribution is -2.03. The van der Waals surface area contributed by atoms with Crippen molar-refractivity contribution in [3.05, 3.63) is 58.1 Å². The average molecular weight is 313 g/mol. The van der Waals surface area contributed by atoms with Gasteiger partial charge in [0.2, 0.25) is 6.79 Å². The summed E-state index contributed by atoms with van der Waals surface area (Å²) in [5.41, 5.74) is 1.00. The fourth-order valence-corrected chi connectivity index (χ4v) is 2.46. The first-order valence-electron chi connectivity index (χ1n) is 6.25. The lowest BCUT2D eigenvalue weighted by atomic mass is 10.0. The molecule has 0 saturated carbocycles. The van der Waals surface area contributed by atoms with Gasteiger partial charge in [-0.2, -0.15) is 0 Å². The van der Waals surface area contributed by atoms with Crippen LogP contribution in [0.2, 0.25) is 5.02 Å². The summed E-state index contributed by atoms with van der Waals surface area (Å²) < 4.78 is 36.5. The van der Waals surface area contributed by atoms with Crippen LogP contribution in [0.4, 0.5) is 8.78 Å². The van der Waals surface area contributed by atoms with Crippen molar-refractivity contribution in [2.75, 3.05) is 6.79 Å². The minimum absolute atomic E-state index is 0.0811. The van der Waals surface area contributed by atoms with Gasteiger partial charge in [0.1, 0.15) is 0 Å². The number of aliphatic hydroxyl groups is 1. The minimum Gasteiger partial charge on any atom is -0.454 e. The number of benzene rings is 2. The highest BCUT2D eigenvalue weighted by molar-refractivity contribution is 6.32. The quantitative estimate of drug-likeness (QED) is 0.940. The molecule has 2 aromatic rings. The molecule has 3 rings (SSSR count). The number of aliphatic hydroxyl groups excluding tert-OH is 1. The van der Waals surface area contributed by atoms with E-state index in [1.165, 1.54) is 6.07 Å². The highest BCUT2D eigenvalue weighted by atomic mass is 35.5. The first kappa shape index (κ1) is 14.1. The molecular formula is C15H11ClF2O3. The Bertz CT molecular complexity index is 691. The van der Waals surface area contributed by atoms with E-state index < -0.39 is 17.7 Å². The van der Waals surface area contributed by atoms with Gasteiger partial charge in [0.15, 0.2) is 23.1 Å². The van der Waals surface area contributed by atoms with E-state index in [1.807, 2.05) is 0 Å². The van der Waals surface area contributed by atoms with Crippen molar-refractivity contribution in [2.24, 2.45) is 0 Å². The van der Waals surface area contributed by atoms with Crippen LogP contribution in [0.1, 0.15) is 17.2 Å². The van der Waals surface area contributed by atoms with E-state index in [0.29, 0.717) is 27.6 Å². The Labute approximate surface area is 124 Å². The Hall–Kier alpha value is -1.85. The lowest BCUT2D eigenvalue weighted by Gasteiger charge is -2.13. The molecule has 0 bridgehead atoms. The molecule has 0 radical (unpaired) electrons. The van der Waals surface area contributed by atoms with Gasteiger partial charge in [-0.1, -0.05) is 17.7 Å². The number of halogens is 3. The van der Waals surface area contributed by atoms with Crippen molar-refractivity contribution in [3.8, 4) is 11.5 Å². The van der Waals surface area contributed by atoms with Gasteiger partial charge in [0.25, 0.3) is 0 Å². The number of rotatable bonds is 3. The first-order chi connectivity index (χ1) is 10.0. The van der Waals surface area contributed by atoms with Gasteiger partial charge in [-0.15, -0.1) is 0 Å². The van der Waals surface area contributed by atoms with Gasteiger partial charge in [0, 0.05) is 6.42 Å². The van der Waals surface area contributed by atoms with Crippen LogP contribution in [0.3, 0.4) is 0 Å². The minimum atomic E-state index is -0.941. The van der Waals surface area contributed by atoms with Crippen LogP contribution >= 0.6 is 11.6 Å². The standard InChI is InChI=1S/C15H11ClF2O3/c16-10-5-9(6-14-15(10)21-7-20-14)13(19)4-8-1-2-11(17)12(18)3-8/h1-3,5-6,13,19H,4,7H2. The molecule has 1 aliphatic rings. The van der Waals surface area contributed by atoms with E-state index >= 15 is 0 Å². The van der Waals surface area contributed by atoms with Crippen LogP contribution in [0.25, 0.3) is 0 Å². The zero-order valence-electron chi connectivity index (χ0n) is 10.8. The van der Waals surface area contributed by atoms with Gasteiger partial charge < -0.3 is 14.6 Å². The molecule has 3 nitrogen and oxygen atoms in total. The summed E-state index contributed by atoms with van der Waals surface area (Å²) in [6, 6.07) is 6.71. The van der Waals surface area contributed by atoms with Gasteiger partial charge in [-0.05, 0) is 35.4 Å². The molecule has 0 spiro atoms. The average Bonchev–Trinajstić information content (AvgIpc) is 2.92. The lowest BCUT2D eigenvalue weighted by molar-refractivity contribution is 0.171. The van der Waals surface area contributed by atoms with Gasteiger partial charge in [-0.25, -0.2) is 8.78 Å². The molecule has 0 amide bonds. The molecule has 1 unspecified atom stereocenters. The maximum absolute atomic E-state index is 13.2. The van der Waals surface area contributed by atoms with E-state index in [9.17, 15) is 13.9 Å². The Kier molecular flexibility index (Phi) is 3.69. The molecule has 21 heavy (non-hydrogen) atoms. The number of ether oxygens (including phenoxy) is 2. The highest BCUT2D eigenvalue weighted by Gasteiger charge is 2.21. The largest absolute Gasteiger partial charge is 0.454 e. The van der Waals surface area contributed by atoms with Crippen LogP contribution in [0.5, 0.6) is 11.5 Å². The Balaban J connectivity index is 1.83. The molecule has 0 fully saturated rings. The molecule has 1 aliphatic heterocycles. The summed E-state index contributed by atoms with van der Waals surface area (Å²) in [7, 11) is 0. The van der Waals surface area contributed by atoms with Crippen molar-refractivity contribution >= 4 is 11.6 Å². The molecule has 1 N–H and O–H groups in total. The summed E-state index contributed by atoms with van der Waals surface area (Å²) in [6.07, 6.45) is -0.783. The molecule has 0 saturated heterocycles. The van der Waals surface area contributed by atoms with Gasteiger partial charge >= 0.3 is 0 Å². The normalized spacial score (nSPS) is 14.3. The summed E-state index contributed by atoms with van der Waals surface area (Å²) in [5, 5.41) is 10.6. The predicted molar refractivity (Wildman–Crippen MR) is 72.6 cm³/mol. The zero-order chi connectivity index (χ0) is 15.0. The molecule has 1 heterocycles. The molecule has 110 valence electrons. The van der Waals surface area contributed by atoms with Crippen LogP contribution in [-0.2, 0) is 6.42 Å². The van der Waals surface area contributed by atoms with E-state index in [-0.39, 0.29) is 13.2 Å². The maximum Gasteiger partial charge on any atom is 0.231 e. The second-order valence-corrected chi connectivity index (χ2v) is 5.11. The Morgan fingerprint density at radius 3 is 2.71 bits per heavy atom. The fourth-order valence-electron chi connectivity index (χ4n) is 2.19. The van der Waals surface area contributed by atoms with Gasteiger partial charge in [0.05, 0.1) is 11.1 Å². The van der Waals surface area contributed by atoms with Crippen molar-refractivity contribution < 1.29 is 23.4 Å². The second kappa shape index (κ2) is 5.50. The Morgan fingerprint density at radius 2 is 1.95 bits per heavy atom. The molecule has 0 aromatic heterocycles. The monoisotopic (exact) mass is 312 g/mol. The highest BCUT2D eigenvalue weighted by Crippen LogP contribution is 2.41. The van der Waals surface area contributed by atoms with Crippen molar-refractivity contribution in [2.45, 2.75) is 12.5 Å². The Morgan fingerprint density at radius 1 is 1.14 bits per heavy atom. The number of hydrogen-bond donors (Lipinski definition) is 1. The van der Waals surface area contributed by atoms with E-state index in [0.717, 1.165) is 12.1 Å². The van der Waals surface area contributed by atoms with Crippen LogP contribution in [0.15, 0.2) is 30.3 Å². The molecule has 2 aromatic carbocycles. The number of hydrogen-bond acceptors (Lipinski definition) is 3. The summed E-state index contributed by atoms with van der Waals surface area (Å²) in [5.74, 6) is -0.954. The zero-order valence-corrected chi connectivity index (χ0v) is 11.5. The molecule has 1 atom stereocenters. The molecule has 6 heteroatoms. The van der Waals surface area contributed by atoms with Crippen molar-refractivity contribution in [1.29, 1.82) is 0 Å². The second-order valence-electron chi connectivity index (χ2n) is 4.70. The smallest absolute Gasteiger partial charge is 0.231 e. The molecular weight excluding hydrogens is 302 g/mol. The third-order valence-electron chi connectivity index (χ3n) is 3.25. The van der Waals surface area contributed by atoms with E-state index in [2.05, 4.69) is 0 Å². The van der Waals surface area contributed by atoms with Gasteiger partial charge in [-0.3, -0.25) is 0 Å². The predicted octanol–water partition coefficient (Wildman–Crippen LogP) is 3.62. The van der Waals surface area contributed by atoms with E-state index in [4.69, 9.17) is 21.1 Å². The van der Waals surface area contributed by atoms with Crippen molar-refractivity contribution in [1.82, 2.24) is 0 Å². The topological polar surface area (TPSA) is 38.7 Å². The molecule has 0 aliphatic carbocycles. The van der Waals surface area contributed by atoms with Crippen LogP contribution in [0, 0.1) is 11.6 Å². The van der Waals surface area contributed by atoms with E-state index in [1.54, 1.807) is 12.1 Å². The van der Waals surface area contributed by atoms with Crippen molar-refractivity contribution in [3.63, 3.8) is 0 Å². The van der Waals surface area contributed by atoms with Crippen LogP contribution in [-0.4, -0.2) is 11.9 Å². The maximum atomic E-state index is 13.2. The number of fused-ring (bicyclic) bond motifs is 1.